The summed E-state index contributed by atoms with van der Waals surface area (Å²) in [5.74, 6) is 0.690. The van der Waals surface area contributed by atoms with Crippen molar-refractivity contribution in [1.82, 2.24) is 0 Å². The van der Waals surface area contributed by atoms with Crippen LogP contribution in [0.3, 0.4) is 0 Å². The Morgan fingerprint density at radius 3 is 2.33 bits per heavy atom. The number of hydrogen-bond acceptors (Lipinski definition) is 1. The summed E-state index contributed by atoms with van der Waals surface area (Å²) >= 11 is 2.08. The minimum atomic E-state index is 0.327. The molecule has 0 aliphatic heterocycles. The van der Waals surface area contributed by atoms with Gasteiger partial charge in [-0.2, -0.15) is 0 Å². The van der Waals surface area contributed by atoms with E-state index < -0.39 is 0 Å². The molecule has 0 saturated heterocycles. The number of thiophene rings is 1. The van der Waals surface area contributed by atoms with Gasteiger partial charge in [0.2, 0.25) is 0 Å². The quantitative estimate of drug-likeness (QED) is 0.648. The SMILES string of the molecule is CC(C)c1sc2c(c1C(C)(C)C)CCC2. The molecular weight excluding hydrogens is 200 g/mol. The van der Waals surface area contributed by atoms with Gasteiger partial charge in [0.25, 0.3) is 0 Å². The van der Waals surface area contributed by atoms with Gasteiger partial charge in [0.15, 0.2) is 0 Å². The van der Waals surface area contributed by atoms with Crippen LogP contribution in [-0.4, -0.2) is 0 Å². The highest BCUT2D eigenvalue weighted by Crippen LogP contribution is 2.44. The minimum Gasteiger partial charge on any atom is -0.145 e. The van der Waals surface area contributed by atoms with Crippen molar-refractivity contribution >= 4 is 11.3 Å². The average molecular weight is 222 g/mol. The Morgan fingerprint density at radius 2 is 1.80 bits per heavy atom. The van der Waals surface area contributed by atoms with Crippen LogP contribution in [0, 0.1) is 0 Å². The summed E-state index contributed by atoms with van der Waals surface area (Å²) in [5.41, 5.74) is 3.71. The molecule has 15 heavy (non-hydrogen) atoms. The van der Waals surface area contributed by atoms with E-state index in [4.69, 9.17) is 0 Å². The predicted molar refractivity (Wildman–Crippen MR) is 69.1 cm³/mol. The lowest BCUT2D eigenvalue weighted by Gasteiger charge is -2.23. The second-order valence-electron chi connectivity index (χ2n) is 6.00. The third-order valence-electron chi connectivity index (χ3n) is 3.22. The summed E-state index contributed by atoms with van der Waals surface area (Å²) in [6.45, 7) is 11.7. The summed E-state index contributed by atoms with van der Waals surface area (Å²) in [5, 5.41) is 0. The molecule has 1 aromatic rings. The highest BCUT2D eigenvalue weighted by Gasteiger charge is 2.29. The van der Waals surface area contributed by atoms with Crippen molar-refractivity contribution in [1.29, 1.82) is 0 Å². The molecule has 0 saturated carbocycles. The molecule has 1 aromatic heterocycles. The lowest BCUT2D eigenvalue weighted by molar-refractivity contribution is 0.575. The maximum absolute atomic E-state index is 2.36. The van der Waals surface area contributed by atoms with Crippen LogP contribution in [0.25, 0.3) is 0 Å². The molecule has 0 amide bonds. The molecule has 0 aromatic carbocycles. The van der Waals surface area contributed by atoms with Crippen LogP contribution < -0.4 is 0 Å². The Hall–Kier alpha value is -0.300. The van der Waals surface area contributed by atoms with Crippen LogP contribution in [0.15, 0.2) is 0 Å². The summed E-state index contributed by atoms with van der Waals surface area (Å²) in [4.78, 5) is 3.33. The molecule has 1 aliphatic rings. The maximum atomic E-state index is 2.36. The van der Waals surface area contributed by atoms with Gasteiger partial charge in [0, 0.05) is 9.75 Å². The predicted octanol–water partition coefficient (Wildman–Crippen LogP) is 4.66. The summed E-state index contributed by atoms with van der Waals surface area (Å²) in [6.07, 6.45) is 4.03. The smallest absolute Gasteiger partial charge is 0.0114 e. The van der Waals surface area contributed by atoms with E-state index in [9.17, 15) is 0 Å². The van der Waals surface area contributed by atoms with Crippen LogP contribution in [0.4, 0.5) is 0 Å². The zero-order valence-electron chi connectivity index (χ0n) is 10.6. The summed E-state index contributed by atoms with van der Waals surface area (Å²) in [6, 6.07) is 0. The first-order chi connectivity index (χ1) is 6.91. The van der Waals surface area contributed by atoms with E-state index in [0.717, 1.165) is 0 Å². The normalized spacial score (nSPS) is 16.1. The fourth-order valence-electron chi connectivity index (χ4n) is 2.65. The fraction of sp³-hybridized carbons (Fsp3) is 0.714. The van der Waals surface area contributed by atoms with E-state index in [1.165, 1.54) is 19.3 Å². The maximum Gasteiger partial charge on any atom is 0.0114 e. The van der Waals surface area contributed by atoms with E-state index >= 15 is 0 Å². The van der Waals surface area contributed by atoms with Crippen LogP contribution in [-0.2, 0) is 18.3 Å². The molecule has 0 N–H and O–H groups in total. The van der Waals surface area contributed by atoms with Gasteiger partial charge in [-0.25, -0.2) is 0 Å². The zero-order valence-corrected chi connectivity index (χ0v) is 11.4. The molecule has 0 nitrogen and oxygen atoms in total. The van der Waals surface area contributed by atoms with E-state index in [0.29, 0.717) is 11.3 Å². The average Bonchev–Trinajstić information content (AvgIpc) is 2.56. The molecular formula is C14H22S. The van der Waals surface area contributed by atoms with Gasteiger partial charge >= 0.3 is 0 Å². The lowest BCUT2D eigenvalue weighted by atomic mass is 9.82. The molecule has 1 heterocycles. The second kappa shape index (κ2) is 3.62. The largest absolute Gasteiger partial charge is 0.145 e. The van der Waals surface area contributed by atoms with Crippen molar-refractivity contribution in [3.8, 4) is 0 Å². The van der Waals surface area contributed by atoms with E-state index in [1.807, 2.05) is 0 Å². The van der Waals surface area contributed by atoms with Crippen molar-refractivity contribution in [3.63, 3.8) is 0 Å². The highest BCUT2D eigenvalue weighted by atomic mass is 32.1. The summed E-state index contributed by atoms with van der Waals surface area (Å²) in [7, 11) is 0. The topological polar surface area (TPSA) is 0 Å². The summed E-state index contributed by atoms with van der Waals surface area (Å²) < 4.78 is 0. The van der Waals surface area contributed by atoms with Gasteiger partial charge < -0.3 is 0 Å². The zero-order chi connectivity index (χ0) is 11.2. The van der Waals surface area contributed by atoms with Gasteiger partial charge in [-0.1, -0.05) is 34.6 Å². The Balaban J connectivity index is 2.58. The van der Waals surface area contributed by atoms with Crippen LogP contribution in [0.2, 0.25) is 0 Å². The number of fused-ring (bicyclic) bond motifs is 1. The van der Waals surface area contributed by atoms with Gasteiger partial charge in [-0.3, -0.25) is 0 Å². The Labute approximate surface area is 97.7 Å². The van der Waals surface area contributed by atoms with Crippen molar-refractivity contribution < 1.29 is 0 Å². The van der Waals surface area contributed by atoms with Crippen molar-refractivity contribution in [3.05, 3.63) is 20.9 Å². The van der Waals surface area contributed by atoms with Gasteiger partial charge in [0.1, 0.15) is 0 Å². The van der Waals surface area contributed by atoms with Crippen LogP contribution in [0.5, 0.6) is 0 Å². The second-order valence-corrected chi connectivity index (χ2v) is 7.14. The highest BCUT2D eigenvalue weighted by molar-refractivity contribution is 7.12. The molecule has 1 heteroatoms. The monoisotopic (exact) mass is 222 g/mol. The minimum absolute atomic E-state index is 0.327. The van der Waals surface area contributed by atoms with Gasteiger partial charge in [-0.15, -0.1) is 11.3 Å². The molecule has 84 valence electrons. The van der Waals surface area contributed by atoms with Crippen molar-refractivity contribution in [2.75, 3.05) is 0 Å². The van der Waals surface area contributed by atoms with Gasteiger partial charge in [-0.05, 0) is 41.7 Å². The standard InChI is InChI=1S/C14H22S/c1-9(2)13-12(14(3,4)5)10-7-6-8-11(10)15-13/h9H,6-8H2,1-5H3. The number of hydrogen-bond donors (Lipinski definition) is 0. The molecule has 0 fully saturated rings. The first-order valence-corrected chi connectivity index (χ1v) is 6.88. The Morgan fingerprint density at radius 1 is 1.13 bits per heavy atom. The van der Waals surface area contributed by atoms with Crippen LogP contribution in [0.1, 0.15) is 67.8 Å². The van der Waals surface area contributed by atoms with E-state index in [2.05, 4.69) is 46.0 Å². The molecule has 0 spiro atoms. The molecule has 1 aliphatic carbocycles. The molecule has 0 unspecified atom stereocenters. The van der Waals surface area contributed by atoms with Crippen molar-refractivity contribution in [2.45, 2.75) is 65.2 Å². The third kappa shape index (κ3) is 1.87. The van der Waals surface area contributed by atoms with Gasteiger partial charge in [0.05, 0.1) is 0 Å². The Bertz CT molecular complexity index is 363. The van der Waals surface area contributed by atoms with E-state index in [1.54, 1.807) is 20.9 Å². The third-order valence-corrected chi connectivity index (χ3v) is 4.82. The first kappa shape index (κ1) is 11.2. The Kier molecular flexibility index (Phi) is 2.70. The first-order valence-electron chi connectivity index (χ1n) is 6.06. The molecule has 0 bridgehead atoms. The molecule has 0 atom stereocenters. The van der Waals surface area contributed by atoms with E-state index in [-0.39, 0.29) is 0 Å². The number of aryl methyl sites for hydroxylation is 1. The lowest BCUT2D eigenvalue weighted by Crippen LogP contribution is -2.15. The molecule has 2 rings (SSSR count). The van der Waals surface area contributed by atoms with Crippen molar-refractivity contribution in [2.24, 2.45) is 0 Å². The molecule has 0 radical (unpaired) electrons. The fourth-order valence-corrected chi connectivity index (χ4v) is 4.26. The number of rotatable bonds is 1. The van der Waals surface area contributed by atoms with Crippen LogP contribution >= 0.6 is 11.3 Å².